The molecule has 0 bridgehead atoms. The molecule has 0 radical (unpaired) electrons. The molecular weight excluding hydrogens is 422 g/mol. The minimum absolute atomic E-state index is 0.0792. The summed E-state index contributed by atoms with van der Waals surface area (Å²) in [6.07, 6.45) is 9.19. The first-order chi connectivity index (χ1) is 15.9. The molecule has 0 aromatic carbocycles. The molecule has 0 spiro atoms. The van der Waals surface area contributed by atoms with Crippen LogP contribution in [0.1, 0.15) is 43.9 Å². The maximum Gasteiger partial charge on any atom is 0.303 e. The smallest absolute Gasteiger partial charge is 0.303 e. The van der Waals surface area contributed by atoms with E-state index in [1.54, 1.807) is 34.8 Å². The second-order valence-corrected chi connectivity index (χ2v) is 8.57. The summed E-state index contributed by atoms with van der Waals surface area (Å²) in [5.41, 5.74) is 2.97. The Morgan fingerprint density at radius 2 is 2.09 bits per heavy atom. The van der Waals surface area contributed by atoms with Crippen LogP contribution >= 0.6 is 0 Å². The lowest BCUT2D eigenvalue weighted by Crippen LogP contribution is -2.36. The van der Waals surface area contributed by atoms with Crippen molar-refractivity contribution < 1.29 is 9.90 Å². The second-order valence-electron chi connectivity index (χ2n) is 8.57. The van der Waals surface area contributed by atoms with Gasteiger partial charge in [-0.1, -0.05) is 24.6 Å². The zero-order valence-electron chi connectivity index (χ0n) is 19.0. The van der Waals surface area contributed by atoms with Crippen molar-refractivity contribution in [2.45, 2.75) is 45.6 Å². The molecule has 1 aliphatic heterocycles. The first-order valence-electron chi connectivity index (χ1n) is 11.3. The van der Waals surface area contributed by atoms with Crippen LogP contribution in [0.25, 0.3) is 11.4 Å². The van der Waals surface area contributed by atoms with Gasteiger partial charge in [-0.3, -0.25) is 9.59 Å². The maximum absolute atomic E-state index is 12.4. The molecule has 3 aromatic heterocycles. The Hall–Kier alpha value is -3.56. The average Bonchev–Trinajstić information content (AvgIpc) is 3.16. The Morgan fingerprint density at radius 1 is 1.24 bits per heavy atom. The Balaban J connectivity index is 1.55. The van der Waals surface area contributed by atoms with Gasteiger partial charge in [0.2, 0.25) is 0 Å². The Morgan fingerprint density at radius 3 is 2.82 bits per heavy atom. The summed E-state index contributed by atoms with van der Waals surface area (Å²) < 4.78 is 3.33. The van der Waals surface area contributed by atoms with Gasteiger partial charge in [-0.25, -0.2) is 14.6 Å². The predicted molar refractivity (Wildman–Crippen MR) is 123 cm³/mol. The number of carboxylic acid groups (broad SMARTS) is 1. The number of aryl methyl sites for hydroxylation is 2. The number of aromatic nitrogens is 6. The molecule has 10 heteroatoms. The quantitative estimate of drug-likeness (QED) is 0.553. The molecular formula is C23H29N7O3. The number of anilines is 1. The van der Waals surface area contributed by atoms with Gasteiger partial charge < -0.3 is 14.6 Å². The van der Waals surface area contributed by atoms with E-state index >= 15 is 0 Å². The monoisotopic (exact) mass is 451 g/mol. The second kappa shape index (κ2) is 9.93. The van der Waals surface area contributed by atoms with Crippen LogP contribution in [0.15, 0.2) is 35.5 Å². The Labute approximate surface area is 191 Å². The lowest BCUT2D eigenvalue weighted by atomic mass is 9.95. The highest BCUT2D eigenvalue weighted by Crippen LogP contribution is 2.25. The highest BCUT2D eigenvalue weighted by Gasteiger charge is 2.23. The van der Waals surface area contributed by atoms with Crippen LogP contribution in [0.3, 0.4) is 0 Å². The number of carbonyl (C=O) groups is 1. The molecule has 1 fully saturated rings. The van der Waals surface area contributed by atoms with Crippen molar-refractivity contribution in [2.24, 2.45) is 13.0 Å². The third kappa shape index (κ3) is 5.27. The molecule has 4 heterocycles. The van der Waals surface area contributed by atoms with Crippen molar-refractivity contribution in [2.75, 3.05) is 18.0 Å². The fourth-order valence-corrected chi connectivity index (χ4v) is 4.35. The summed E-state index contributed by atoms with van der Waals surface area (Å²) in [6.45, 7) is 3.93. The molecule has 0 aliphatic carbocycles. The zero-order chi connectivity index (χ0) is 23.4. The minimum atomic E-state index is -0.766. The van der Waals surface area contributed by atoms with Gasteiger partial charge in [0.1, 0.15) is 17.2 Å². The number of piperidine rings is 1. The lowest BCUT2D eigenvalue weighted by Gasteiger charge is -2.32. The summed E-state index contributed by atoms with van der Waals surface area (Å²) >= 11 is 0. The highest BCUT2D eigenvalue weighted by molar-refractivity contribution is 5.67. The van der Waals surface area contributed by atoms with E-state index in [4.69, 9.17) is 5.11 Å². The summed E-state index contributed by atoms with van der Waals surface area (Å²) in [5, 5.41) is 17.5. The van der Waals surface area contributed by atoms with E-state index < -0.39 is 5.97 Å². The Bertz CT molecular complexity index is 1170. The number of pyridine rings is 1. The van der Waals surface area contributed by atoms with Gasteiger partial charge in [-0.05, 0) is 30.7 Å². The summed E-state index contributed by atoms with van der Waals surface area (Å²) in [5.74, 6) is 0.0756. The molecule has 3 aromatic rings. The van der Waals surface area contributed by atoms with E-state index in [-0.39, 0.29) is 17.9 Å². The fraction of sp³-hybridized carbons (Fsp3) is 0.478. The van der Waals surface area contributed by atoms with E-state index in [1.807, 2.05) is 12.3 Å². The first kappa shape index (κ1) is 22.6. The van der Waals surface area contributed by atoms with Crippen LogP contribution in [0, 0.1) is 5.92 Å². The molecule has 0 amide bonds. The topological polar surface area (TPSA) is 119 Å². The molecule has 1 N–H and O–H groups in total. The molecule has 1 aliphatic rings. The van der Waals surface area contributed by atoms with E-state index in [0.717, 1.165) is 49.3 Å². The number of hydrogen-bond donors (Lipinski definition) is 1. The lowest BCUT2D eigenvalue weighted by molar-refractivity contribution is -0.138. The minimum Gasteiger partial charge on any atom is -0.481 e. The predicted octanol–water partition coefficient (Wildman–Crippen LogP) is 2.13. The number of carboxylic acids is 1. The first-order valence-corrected chi connectivity index (χ1v) is 11.3. The van der Waals surface area contributed by atoms with Crippen molar-refractivity contribution in [3.63, 3.8) is 0 Å². The average molecular weight is 452 g/mol. The standard InChI is InChI=1S/C23H29N7O3/c1-3-5-16-7-8-21(31)30(13-16)15-19-23(26-27-28(19)2)18-11-25-20(12-24-18)29-9-4-6-17(14-29)10-22(32)33/h7-8,11-13,17H,3-6,9-10,14-15H2,1-2H3,(H,32,33). The van der Waals surface area contributed by atoms with Crippen molar-refractivity contribution >= 4 is 11.8 Å². The van der Waals surface area contributed by atoms with Gasteiger partial charge in [-0.2, -0.15) is 0 Å². The molecule has 1 saturated heterocycles. The SMILES string of the molecule is CCCc1ccc(=O)n(Cc2c(-c3cnc(N4CCCC(CC(=O)O)C4)cn3)nnn2C)c1. The summed E-state index contributed by atoms with van der Waals surface area (Å²) in [7, 11) is 1.80. The van der Waals surface area contributed by atoms with Gasteiger partial charge >= 0.3 is 5.97 Å². The number of rotatable bonds is 8. The van der Waals surface area contributed by atoms with Crippen molar-refractivity contribution in [3.05, 3.63) is 52.3 Å². The normalized spacial score (nSPS) is 16.2. The molecule has 1 atom stereocenters. The molecule has 4 rings (SSSR count). The van der Waals surface area contributed by atoms with Crippen LogP contribution in [-0.2, 0) is 24.8 Å². The molecule has 1 unspecified atom stereocenters. The van der Waals surface area contributed by atoms with Gasteiger partial charge in [0.25, 0.3) is 5.56 Å². The van der Waals surface area contributed by atoms with Crippen molar-refractivity contribution in [1.82, 2.24) is 29.5 Å². The maximum atomic E-state index is 12.4. The van der Waals surface area contributed by atoms with Crippen LogP contribution in [0.5, 0.6) is 0 Å². The van der Waals surface area contributed by atoms with Crippen LogP contribution in [0.4, 0.5) is 5.82 Å². The summed E-state index contributed by atoms with van der Waals surface area (Å²) in [4.78, 5) is 34.7. The number of aliphatic carboxylic acids is 1. The van der Waals surface area contributed by atoms with E-state index in [0.29, 0.717) is 24.5 Å². The van der Waals surface area contributed by atoms with Crippen LogP contribution in [-0.4, -0.2) is 53.7 Å². The number of hydrogen-bond acceptors (Lipinski definition) is 7. The Kier molecular flexibility index (Phi) is 6.81. The third-order valence-electron chi connectivity index (χ3n) is 6.03. The largest absolute Gasteiger partial charge is 0.481 e. The van der Waals surface area contributed by atoms with E-state index in [1.165, 1.54) is 0 Å². The molecule has 33 heavy (non-hydrogen) atoms. The zero-order valence-corrected chi connectivity index (χ0v) is 19.0. The highest BCUT2D eigenvalue weighted by atomic mass is 16.4. The van der Waals surface area contributed by atoms with Crippen molar-refractivity contribution in [1.29, 1.82) is 0 Å². The van der Waals surface area contributed by atoms with Crippen molar-refractivity contribution in [3.8, 4) is 11.4 Å². The molecule has 0 saturated carbocycles. The summed E-state index contributed by atoms with van der Waals surface area (Å²) in [6, 6.07) is 3.47. The molecule has 174 valence electrons. The van der Waals surface area contributed by atoms with Crippen LogP contribution in [0.2, 0.25) is 0 Å². The van der Waals surface area contributed by atoms with Crippen LogP contribution < -0.4 is 10.5 Å². The third-order valence-corrected chi connectivity index (χ3v) is 6.03. The van der Waals surface area contributed by atoms with Gasteiger partial charge in [-0.15, -0.1) is 5.10 Å². The fourth-order valence-electron chi connectivity index (χ4n) is 4.35. The van der Waals surface area contributed by atoms with E-state index in [2.05, 4.69) is 32.1 Å². The van der Waals surface area contributed by atoms with E-state index in [9.17, 15) is 9.59 Å². The molecule has 10 nitrogen and oxygen atoms in total. The van der Waals surface area contributed by atoms with Gasteiger partial charge in [0.05, 0.1) is 24.6 Å². The van der Waals surface area contributed by atoms with Gasteiger partial charge in [0.15, 0.2) is 0 Å². The van der Waals surface area contributed by atoms with Gasteiger partial charge in [0, 0.05) is 38.8 Å². The number of nitrogens with zero attached hydrogens (tertiary/aromatic N) is 7.